The molecule has 0 saturated carbocycles. The van der Waals surface area contributed by atoms with Gasteiger partial charge in [-0.05, 0) is 50.3 Å². The smallest absolute Gasteiger partial charge is 0.294 e. The van der Waals surface area contributed by atoms with Gasteiger partial charge >= 0.3 is 0 Å². The number of imidazole rings is 1. The molecule has 4 heterocycles. The molecule has 0 aliphatic carbocycles. The normalized spacial score (nSPS) is 11.9. The van der Waals surface area contributed by atoms with Crippen LogP contribution in [0.4, 0.5) is 4.39 Å². The Morgan fingerprint density at radius 1 is 1.15 bits per heavy atom. The second-order valence-corrected chi connectivity index (χ2v) is 12.2. The number of amides is 1. The molecule has 0 fully saturated rings. The molecule has 12 heteroatoms. The first-order chi connectivity index (χ1) is 19.6. The van der Waals surface area contributed by atoms with Crippen molar-refractivity contribution in [3.05, 3.63) is 71.1 Å². The molecule has 210 valence electrons. The standard InChI is InChI=1S/C29H26FN5O4S2/c1-29(2,3)34(4)26(36)17-8-6-16(7-9-17)25-31-19(15-40-25)14-38-22-10-18(30)11-23-20(22)12-24(39-23)21-13-35-27(32-21)41-28(33-35)37-5/h6-13,15H,14H2,1-5H3. The van der Waals surface area contributed by atoms with Crippen molar-refractivity contribution in [2.75, 3.05) is 14.2 Å². The molecule has 6 rings (SSSR count). The molecule has 0 unspecified atom stereocenters. The van der Waals surface area contributed by atoms with E-state index in [1.165, 1.54) is 34.8 Å². The van der Waals surface area contributed by atoms with Gasteiger partial charge in [0.2, 0.25) is 4.96 Å². The summed E-state index contributed by atoms with van der Waals surface area (Å²) in [6.07, 6.45) is 1.73. The number of halogens is 1. The van der Waals surface area contributed by atoms with Crippen LogP contribution >= 0.6 is 22.7 Å². The zero-order valence-corrected chi connectivity index (χ0v) is 24.6. The molecular weight excluding hydrogens is 565 g/mol. The van der Waals surface area contributed by atoms with Crippen LogP contribution in [0.15, 0.2) is 58.5 Å². The highest BCUT2D eigenvalue weighted by molar-refractivity contribution is 7.18. The molecule has 0 aliphatic heterocycles. The average molecular weight is 592 g/mol. The van der Waals surface area contributed by atoms with Crippen molar-refractivity contribution in [2.45, 2.75) is 32.9 Å². The highest BCUT2D eigenvalue weighted by Crippen LogP contribution is 2.36. The number of benzene rings is 2. The molecule has 6 aromatic rings. The third kappa shape index (κ3) is 5.27. The molecule has 1 amide bonds. The fraction of sp³-hybridized carbons (Fsp3) is 0.241. The lowest BCUT2D eigenvalue weighted by Crippen LogP contribution is -2.42. The van der Waals surface area contributed by atoms with Gasteiger partial charge in [-0.1, -0.05) is 12.1 Å². The van der Waals surface area contributed by atoms with Crippen LogP contribution in [0.1, 0.15) is 36.8 Å². The van der Waals surface area contributed by atoms with Crippen molar-refractivity contribution in [1.29, 1.82) is 0 Å². The van der Waals surface area contributed by atoms with E-state index in [1.54, 1.807) is 35.8 Å². The van der Waals surface area contributed by atoms with Gasteiger partial charge in [-0.2, -0.15) is 0 Å². The Hall–Kier alpha value is -4.29. The molecule has 0 atom stereocenters. The highest BCUT2D eigenvalue weighted by Gasteiger charge is 2.23. The van der Waals surface area contributed by atoms with Crippen LogP contribution in [-0.2, 0) is 6.61 Å². The van der Waals surface area contributed by atoms with Gasteiger partial charge < -0.3 is 18.8 Å². The molecule has 9 nitrogen and oxygen atoms in total. The van der Waals surface area contributed by atoms with Gasteiger partial charge in [-0.15, -0.1) is 16.4 Å². The van der Waals surface area contributed by atoms with Crippen LogP contribution in [0.3, 0.4) is 0 Å². The number of nitrogens with zero attached hydrogens (tertiary/aromatic N) is 5. The number of methoxy groups -OCH3 is 1. The second kappa shape index (κ2) is 10.3. The van der Waals surface area contributed by atoms with E-state index in [0.29, 0.717) is 49.6 Å². The Morgan fingerprint density at radius 3 is 2.63 bits per heavy atom. The Morgan fingerprint density at radius 2 is 1.93 bits per heavy atom. The van der Waals surface area contributed by atoms with Crippen LogP contribution in [0.5, 0.6) is 10.9 Å². The maximum Gasteiger partial charge on any atom is 0.294 e. The Labute approximate surface area is 242 Å². The van der Waals surface area contributed by atoms with E-state index in [9.17, 15) is 9.18 Å². The van der Waals surface area contributed by atoms with Crippen molar-refractivity contribution >= 4 is 44.5 Å². The Kier molecular flexibility index (Phi) is 6.74. The zero-order valence-electron chi connectivity index (χ0n) is 23.0. The number of thiazole rings is 1. The SMILES string of the molecule is COc1nn2cc(-c3cc4c(OCc5csc(-c6ccc(C(=O)N(C)C(C)(C)C)cc6)n5)cc(F)cc4o3)nc2s1. The molecule has 2 aromatic carbocycles. The summed E-state index contributed by atoms with van der Waals surface area (Å²) in [6.45, 7) is 6.13. The molecule has 0 spiro atoms. The number of hydrogen-bond donors (Lipinski definition) is 0. The van der Waals surface area contributed by atoms with Crippen molar-refractivity contribution in [2.24, 2.45) is 0 Å². The minimum absolute atomic E-state index is 0.0364. The summed E-state index contributed by atoms with van der Waals surface area (Å²) in [5, 5.41) is 8.10. The first kappa shape index (κ1) is 26.9. The quantitative estimate of drug-likeness (QED) is 0.199. The van der Waals surface area contributed by atoms with Gasteiger partial charge in [0.05, 0.1) is 24.4 Å². The van der Waals surface area contributed by atoms with E-state index in [-0.39, 0.29) is 18.1 Å². The average Bonchev–Trinajstić information content (AvgIpc) is 3.73. The predicted molar refractivity (Wildman–Crippen MR) is 156 cm³/mol. The number of carbonyl (C=O) groups is 1. The summed E-state index contributed by atoms with van der Waals surface area (Å²) >= 11 is 2.78. The van der Waals surface area contributed by atoms with Crippen molar-refractivity contribution in [1.82, 2.24) is 24.5 Å². The number of aromatic nitrogens is 4. The number of carbonyl (C=O) groups excluding carboxylic acids is 1. The molecule has 0 N–H and O–H groups in total. The molecule has 0 bridgehead atoms. The predicted octanol–water partition coefficient (Wildman–Crippen LogP) is 6.92. The third-order valence-electron chi connectivity index (χ3n) is 6.63. The van der Waals surface area contributed by atoms with Gasteiger partial charge in [0, 0.05) is 41.2 Å². The minimum atomic E-state index is -0.476. The number of furan rings is 1. The van der Waals surface area contributed by atoms with Gasteiger partial charge in [0.25, 0.3) is 11.1 Å². The lowest BCUT2D eigenvalue weighted by molar-refractivity contribution is 0.0656. The van der Waals surface area contributed by atoms with Gasteiger partial charge in [0.1, 0.15) is 34.5 Å². The fourth-order valence-electron chi connectivity index (χ4n) is 4.11. The maximum absolute atomic E-state index is 14.4. The Bertz CT molecular complexity index is 1850. The third-order valence-corrected chi connectivity index (χ3v) is 8.46. The summed E-state index contributed by atoms with van der Waals surface area (Å²) in [6, 6.07) is 11.8. The Balaban J connectivity index is 1.18. The van der Waals surface area contributed by atoms with E-state index in [1.807, 2.05) is 50.4 Å². The lowest BCUT2D eigenvalue weighted by Gasteiger charge is -2.32. The number of fused-ring (bicyclic) bond motifs is 2. The number of rotatable bonds is 7. The number of hydrogen-bond acceptors (Lipinski definition) is 9. The first-order valence-electron chi connectivity index (χ1n) is 12.7. The molecule has 0 saturated heterocycles. The van der Waals surface area contributed by atoms with E-state index in [2.05, 4.69) is 15.1 Å². The lowest BCUT2D eigenvalue weighted by atomic mass is 10.0. The van der Waals surface area contributed by atoms with Crippen LogP contribution in [0, 0.1) is 5.82 Å². The summed E-state index contributed by atoms with van der Waals surface area (Å²) in [7, 11) is 3.35. The van der Waals surface area contributed by atoms with Gasteiger partial charge in [0.15, 0.2) is 5.76 Å². The van der Waals surface area contributed by atoms with E-state index in [4.69, 9.17) is 13.9 Å². The highest BCUT2D eigenvalue weighted by atomic mass is 32.1. The summed E-state index contributed by atoms with van der Waals surface area (Å²) < 4.78 is 33.1. The summed E-state index contributed by atoms with van der Waals surface area (Å²) in [4.78, 5) is 24.4. The summed E-state index contributed by atoms with van der Waals surface area (Å²) in [5.41, 5.74) is 2.86. The van der Waals surface area contributed by atoms with Crippen molar-refractivity contribution < 1.29 is 23.1 Å². The van der Waals surface area contributed by atoms with Crippen LogP contribution in [-0.4, -0.2) is 50.1 Å². The topological polar surface area (TPSA) is 95.0 Å². The molecule has 0 radical (unpaired) electrons. The largest absolute Gasteiger partial charge is 0.486 e. The van der Waals surface area contributed by atoms with Gasteiger partial charge in [-0.25, -0.2) is 18.9 Å². The van der Waals surface area contributed by atoms with E-state index >= 15 is 0 Å². The minimum Gasteiger partial charge on any atom is -0.486 e. The van der Waals surface area contributed by atoms with E-state index < -0.39 is 5.82 Å². The molecular formula is C29H26FN5O4S2. The summed E-state index contributed by atoms with van der Waals surface area (Å²) in [5.74, 6) is 0.303. The fourth-order valence-corrected chi connectivity index (χ4v) is 5.62. The van der Waals surface area contributed by atoms with Crippen LogP contribution in [0.2, 0.25) is 0 Å². The maximum atomic E-state index is 14.4. The zero-order chi connectivity index (χ0) is 28.9. The monoisotopic (exact) mass is 591 g/mol. The first-order valence-corrected chi connectivity index (χ1v) is 14.4. The van der Waals surface area contributed by atoms with Crippen LogP contribution < -0.4 is 9.47 Å². The van der Waals surface area contributed by atoms with Crippen molar-refractivity contribution in [3.8, 4) is 33.0 Å². The molecule has 41 heavy (non-hydrogen) atoms. The van der Waals surface area contributed by atoms with Crippen molar-refractivity contribution in [3.63, 3.8) is 0 Å². The van der Waals surface area contributed by atoms with Gasteiger partial charge in [-0.3, -0.25) is 4.79 Å². The second-order valence-electron chi connectivity index (χ2n) is 10.4. The molecule has 4 aromatic heterocycles. The van der Waals surface area contributed by atoms with E-state index in [0.717, 1.165) is 10.6 Å². The molecule has 0 aliphatic rings. The van der Waals surface area contributed by atoms with Crippen LogP contribution in [0.25, 0.3) is 38.0 Å². The number of ether oxygens (including phenoxy) is 2.